The van der Waals surface area contributed by atoms with E-state index in [-0.39, 0.29) is 15.7 Å². The first-order chi connectivity index (χ1) is 11.0. The normalized spacial score (nSPS) is 11.4. The van der Waals surface area contributed by atoms with Gasteiger partial charge in [0.05, 0.1) is 11.9 Å². The van der Waals surface area contributed by atoms with E-state index in [1.165, 1.54) is 12.3 Å². The number of aromatic nitrogens is 2. The van der Waals surface area contributed by atoms with Gasteiger partial charge >= 0.3 is 0 Å². The van der Waals surface area contributed by atoms with Crippen LogP contribution in [-0.4, -0.2) is 18.4 Å². The van der Waals surface area contributed by atoms with Gasteiger partial charge in [-0.25, -0.2) is 17.8 Å². The van der Waals surface area contributed by atoms with Crippen LogP contribution in [0.15, 0.2) is 59.8 Å². The van der Waals surface area contributed by atoms with Gasteiger partial charge in [-0.1, -0.05) is 41.9 Å². The fraction of sp³-hybridized carbons (Fsp3) is 0. The van der Waals surface area contributed by atoms with Crippen LogP contribution < -0.4 is 4.72 Å². The summed E-state index contributed by atoms with van der Waals surface area (Å²) in [5.74, 6) is -0.809. The summed E-state index contributed by atoms with van der Waals surface area (Å²) in [5, 5.41) is -0.0110. The molecule has 0 spiro atoms. The molecule has 3 aromatic rings. The van der Waals surface area contributed by atoms with Crippen molar-refractivity contribution < 1.29 is 12.8 Å². The number of H-pyrrole nitrogens is 1. The van der Waals surface area contributed by atoms with Gasteiger partial charge in [0.25, 0.3) is 10.0 Å². The summed E-state index contributed by atoms with van der Waals surface area (Å²) in [6.07, 6.45) is 2.19. The molecule has 2 heterocycles. The van der Waals surface area contributed by atoms with Gasteiger partial charge in [-0.15, -0.1) is 0 Å². The Morgan fingerprint density at radius 2 is 1.91 bits per heavy atom. The van der Waals surface area contributed by atoms with E-state index in [0.29, 0.717) is 5.69 Å². The summed E-state index contributed by atoms with van der Waals surface area (Å²) in [6, 6.07) is 11.8. The minimum atomic E-state index is -3.95. The molecule has 23 heavy (non-hydrogen) atoms. The van der Waals surface area contributed by atoms with Gasteiger partial charge in [-0.2, -0.15) is 0 Å². The van der Waals surface area contributed by atoms with Crippen molar-refractivity contribution in [3.05, 3.63) is 65.8 Å². The zero-order valence-electron chi connectivity index (χ0n) is 11.6. The fourth-order valence-corrected chi connectivity index (χ4v) is 3.22. The van der Waals surface area contributed by atoms with Crippen LogP contribution in [0.5, 0.6) is 0 Å². The average Bonchev–Trinajstić information content (AvgIpc) is 3.02. The van der Waals surface area contributed by atoms with E-state index >= 15 is 0 Å². The number of rotatable bonds is 4. The SMILES string of the molecule is O=S(=O)(Nc1cc(Cl)ncc1F)c1c[nH]c(-c2ccccc2)c1. The Morgan fingerprint density at radius 3 is 2.65 bits per heavy atom. The topological polar surface area (TPSA) is 74.8 Å². The highest BCUT2D eigenvalue weighted by Gasteiger charge is 2.19. The molecular weight excluding hydrogens is 341 g/mol. The summed E-state index contributed by atoms with van der Waals surface area (Å²) >= 11 is 5.66. The standard InChI is InChI=1S/C15H11ClFN3O2S/c16-15-7-14(12(17)9-19-15)20-23(21,22)11-6-13(18-8-11)10-4-2-1-3-5-10/h1-9,18H,(H,19,20). The Labute approximate surface area is 137 Å². The molecule has 0 bridgehead atoms. The van der Waals surface area contributed by atoms with Gasteiger partial charge in [0.1, 0.15) is 10.0 Å². The van der Waals surface area contributed by atoms with Crippen molar-refractivity contribution in [1.82, 2.24) is 9.97 Å². The van der Waals surface area contributed by atoms with Crippen molar-refractivity contribution in [1.29, 1.82) is 0 Å². The van der Waals surface area contributed by atoms with Gasteiger partial charge in [0, 0.05) is 18.0 Å². The quantitative estimate of drug-likeness (QED) is 0.704. The highest BCUT2D eigenvalue weighted by atomic mass is 35.5. The van der Waals surface area contributed by atoms with Crippen molar-refractivity contribution in [3.63, 3.8) is 0 Å². The highest BCUT2D eigenvalue weighted by Crippen LogP contribution is 2.24. The smallest absolute Gasteiger partial charge is 0.263 e. The lowest BCUT2D eigenvalue weighted by atomic mass is 10.2. The molecular formula is C15H11ClFN3O2S. The molecule has 0 saturated heterocycles. The zero-order chi connectivity index (χ0) is 16.4. The number of anilines is 1. The number of pyridine rings is 1. The molecule has 2 aromatic heterocycles. The number of nitrogens with zero attached hydrogens (tertiary/aromatic N) is 1. The molecule has 118 valence electrons. The molecule has 2 N–H and O–H groups in total. The Morgan fingerprint density at radius 1 is 1.17 bits per heavy atom. The van der Waals surface area contributed by atoms with Crippen molar-refractivity contribution in [2.24, 2.45) is 0 Å². The monoisotopic (exact) mass is 351 g/mol. The maximum atomic E-state index is 13.6. The number of benzene rings is 1. The van der Waals surface area contributed by atoms with E-state index in [4.69, 9.17) is 11.6 Å². The predicted octanol–water partition coefficient (Wildman–Crippen LogP) is 3.67. The molecule has 0 aliphatic rings. The van der Waals surface area contributed by atoms with E-state index in [0.717, 1.165) is 17.8 Å². The summed E-state index contributed by atoms with van der Waals surface area (Å²) in [6.45, 7) is 0. The van der Waals surface area contributed by atoms with Crippen LogP contribution in [0, 0.1) is 5.82 Å². The van der Waals surface area contributed by atoms with E-state index in [2.05, 4.69) is 14.7 Å². The maximum absolute atomic E-state index is 13.6. The summed E-state index contributed by atoms with van der Waals surface area (Å²) in [7, 11) is -3.95. The van der Waals surface area contributed by atoms with Crippen molar-refractivity contribution in [2.75, 3.05) is 4.72 Å². The molecule has 0 fully saturated rings. The number of aromatic amines is 1. The summed E-state index contributed by atoms with van der Waals surface area (Å²) in [4.78, 5) is 6.41. The Bertz CT molecular complexity index is 942. The van der Waals surface area contributed by atoms with Crippen LogP contribution >= 0.6 is 11.6 Å². The second-order valence-corrected chi connectivity index (χ2v) is 6.78. The Kier molecular flexibility index (Phi) is 4.06. The molecule has 0 amide bonds. The zero-order valence-corrected chi connectivity index (χ0v) is 13.2. The third kappa shape index (κ3) is 3.35. The van der Waals surface area contributed by atoms with Gasteiger partial charge in [-0.05, 0) is 11.6 Å². The minimum absolute atomic E-state index is 0.0105. The van der Waals surface area contributed by atoms with Crippen LogP contribution in [0.2, 0.25) is 5.15 Å². The number of nitrogens with one attached hydrogen (secondary N) is 2. The fourth-order valence-electron chi connectivity index (χ4n) is 2.01. The van der Waals surface area contributed by atoms with Crippen LogP contribution in [0.3, 0.4) is 0 Å². The molecule has 3 rings (SSSR count). The summed E-state index contributed by atoms with van der Waals surface area (Å²) < 4.78 is 40.5. The molecule has 1 aromatic carbocycles. The molecule has 8 heteroatoms. The molecule has 0 aliphatic heterocycles. The third-order valence-corrected chi connectivity index (χ3v) is 4.67. The lowest BCUT2D eigenvalue weighted by Gasteiger charge is -2.07. The lowest BCUT2D eigenvalue weighted by Crippen LogP contribution is -2.13. The van der Waals surface area contributed by atoms with E-state index in [9.17, 15) is 12.8 Å². The first-order valence-electron chi connectivity index (χ1n) is 6.53. The van der Waals surface area contributed by atoms with Crippen LogP contribution in [-0.2, 0) is 10.0 Å². The van der Waals surface area contributed by atoms with Crippen molar-refractivity contribution >= 4 is 27.3 Å². The van der Waals surface area contributed by atoms with Crippen LogP contribution in [0.25, 0.3) is 11.3 Å². The average molecular weight is 352 g/mol. The van der Waals surface area contributed by atoms with Crippen molar-refractivity contribution in [3.8, 4) is 11.3 Å². The second-order valence-electron chi connectivity index (χ2n) is 4.71. The van der Waals surface area contributed by atoms with Gasteiger partial charge in [0.2, 0.25) is 0 Å². The molecule has 0 saturated carbocycles. The van der Waals surface area contributed by atoms with Crippen molar-refractivity contribution in [2.45, 2.75) is 4.90 Å². The third-order valence-electron chi connectivity index (χ3n) is 3.12. The second kappa shape index (κ2) is 6.02. The van der Waals surface area contributed by atoms with Gasteiger partial charge in [0.15, 0.2) is 5.82 Å². The van der Waals surface area contributed by atoms with Gasteiger partial charge < -0.3 is 4.98 Å². The number of hydrogen-bond acceptors (Lipinski definition) is 3. The number of halogens is 2. The minimum Gasteiger partial charge on any atom is -0.360 e. The van der Waals surface area contributed by atoms with Crippen LogP contribution in [0.1, 0.15) is 0 Å². The largest absolute Gasteiger partial charge is 0.360 e. The number of hydrogen-bond donors (Lipinski definition) is 2. The van der Waals surface area contributed by atoms with Crippen LogP contribution in [0.4, 0.5) is 10.1 Å². The highest BCUT2D eigenvalue weighted by molar-refractivity contribution is 7.92. The Balaban J connectivity index is 1.92. The lowest BCUT2D eigenvalue weighted by molar-refractivity contribution is 0.598. The van der Waals surface area contributed by atoms with E-state index in [1.54, 1.807) is 0 Å². The first-order valence-corrected chi connectivity index (χ1v) is 8.39. The van der Waals surface area contributed by atoms with Gasteiger partial charge in [-0.3, -0.25) is 4.72 Å². The molecule has 0 unspecified atom stereocenters. The molecule has 0 aliphatic carbocycles. The predicted molar refractivity (Wildman–Crippen MR) is 86.2 cm³/mol. The molecule has 5 nitrogen and oxygen atoms in total. The molecule has 0 atom stereocenters. The number of sulfonamides is 1. The molecule has 0 radical (unpaired) electrons. The van der Waals surface area contributed by atoms with E-state index in [1.807, 2.05) is 30.3 Å². The maximum Gasteiger partial charge on any atom is 0.263 e. The Hall–Kier alpha value is -2.38. The van der Waals surface area contributed by atoms with E-state index < -0.39 is 15.8 Å². The summed E-state index contributed by atoms with van der Waals surface area (Å²) in [5.41, 5.74) is 1.22. The first kappa shape index (κ1) is 15.5.